The lowest BCUT2D eigenvalue weighted by Crippen LogP contribution is -2.23. The Morgan fingerprint density at radius 1 is 0.680 bits per heavy atom. The molecule has 0 amide bonds. The van der Waals surface area contributed by atoms with Crippen molar-refractivity contribution in [1.29, 1.82) is 0 Å². The molecule has 2 aromatic rings. The van der Waals surface area contributed by atoms with E-state index in [1.165, 1.54) is 30.3 Å². The van der Waals surface area contributed by atoms with Crippen LogP contribution >= 0.6 is 0 Å². The van der Waals surface area contributed by atoms with Crippen LogP contribution in [0.5, 0.6) is 0 Å². The normalized spacial score (nSPS) is 11.9. The van der Waals surface area contributed by atoms with Crippen LogP contribution < -0.4 is 0 Å². The van der Waals surface area contributed by atoms with E-state index in [9.17, 15) is 35.9 Å². The van der Waals surface area contributed by atoms with Crippen molar-refractivity contribution in [2.45, 2.75) is 12.4 Å². The number of halogens is 6. The standard InChI is InChI=1S/C16H8F6O3/c17-15(18,19)10-7-4-8-11(16(20,21)22)12(10)14(24)25-13(23)9-5-2-1-3-6-9/h1-8H. The second-order valence-corrected chi connectivity index (χ2v) is 4.77. The van der Waals surface area contributed by atoms with Crippen LogP contribution in [0.4, 0.5) is 26.3 Å². The summed E-state index contributed by atoms with van der Waals surface area (Å²) in [4.78, 5) is 23.7. The summed E-state index contributed by atoms with van der Waals surface area (Å²) in [5.74, 6) is -3.40. The molecular weight excluding hydrogens is 354 g/mol. The quantitative estimate of drug-likeness (QED) is 0.441. The molecule has 0 saturated heterocycles. The second kappa shape index (κ2) is 6.58. The Kier molecular flexibility index (Phi) is 4.87. The Bertz CT molecular complexity index is 762. The second-order valence-electron chi connectivity index (χ2n) is 4.77. The van der Waals surface area contributed by atoms with Crippen LogP contribution in [0.1, 0.15) is 31.8 Å². The molecule has 0 saturated carbocycles. The van der Waals surface area contributed by atoms with Gasteiger partial charge in [-0.05, 0) is 24.3 Å². The van der Waals surface area contributed by atoms with Gasteiger partial charge in [0.15, 0.2) is 0 Å². The van der Waals surface area contributed by atoms with Gasteiger partial charge in [0.05, 0.1) is 22.3 Å². The maximum atomic E-state index is 13.0. The molecule has 0 radical (unpaired) electrons. The molecule has 0 heterocycles. The largest absolute Gasteiger partial charge is 0.417 e. The average molecular weight is 362 g/mol. The van der Waals surface area contributed by atoms with Crippen molar-refractivity contribution in [2.75, 3.05) is 0 Å². The summed E-state index contributed by atoms with van der Waals surface area (Å²) in [6.45, 7) is 0. The highest BCUT2D eigenvalue weighted by molar-refractivity contribution is 6.04. The lowest BCUT2D eigenvalue weighted by molar-refractivity contribution is -0.144. The van der Waals surface area contributed by atoms with Crippen molar-refractivity contribution < 1.29 is 40.7 Å². The van der Waals surface area contributed by atoms with Crippen molar-refractivity contribution >= 4 is 11.9 Å². The van der Waals surface area contributed by atoms with Gasteiger partial charge in [0, 0.05) is 0 Å². The zero-order valence-corrected chi connectivity index (χ0v) is 12.1. The van der Waals surface area contributed by atoms with Gasteiger partial charge in [-0.25, -0.2) is 9.59 Å². The number of hydrogen-bond donors (Lipinski definition) is 0. The fourth-order valence-corrected chi connectivity index (χ4v) is 2.01. The van der Waals surface area contributed by atoms with Gasteiger partial charge < -0.3 is 4.74 Å². The van der Waals surface area contributed by atoms with Crippen LogP contribution in [0, 0.1) is 0 Å². The predicted molar refractivity (Wildman–Crippen MR) is 72.6 cm³/mol. The first-order valence-corrected chi connectivity index (χ1v) is 6.61. The maximum absolute atomic E-state index is 13.0. The number of carbonyl (C=O) groups excluding carboxylic acids is 2. The summed E-state index contributed by atoms with van der Waals surface area (Å²) in [5.41, 5.74) is -5.64. The molecule has 2 rings (SSSR count). The third-order valence-electron chi connectivity index (χ3n) is 3.07. The summed E-state index contributed by atoms with van der Waals surface area (Å²) in [7, 11) is 0. The van der Waals surface area contributed by atoms with E-state index < -0.39 is 41.0 Å². The van der Waals surface area contributed by atoms with E-state index >= 15 is 0 Å². The lowest BCUT2D eigenvalue weighted by Gasteiger charge is -2.17. The third-order valence-corrected chi connectivity index (χ3v) is 3.07. The third kappa shape index (κ3) is 4.17. The van der Waals surface area contributed by atoms with Crippen LogP contribution in [0.2, 0.25) is 0 Å². The number of alkyl halides is 6. The van der Waals surface area contributed by atoms with Gasteiger partial charge in [0.2, 0.25) is 0 Å². The van der Waals surface area contributed by atoms with Crippen molar-refractivity contribution in [2.24, 2.45) is 0 Å². The Morgan fingerprint density at radius 3 is 1.60 bits per heavy atom. The predicted octanol–water partition coefficient (Wildman–Crippen LogP) is 4.72. The Morgan fingerprint density at radius 2 is 1.16 bits per heavy atom. The molecule has 0 fully saturated rings. The summed E-state index contributed by atoms with van der Waals surface area (Å²) in [6.07, 6.45) is -10.5. The van der Waals surface area contributed by atoms with E-state index in [0.717, 1.165) is 0 Å². The highest BCUT2D eigenvalue weighted by Gasteiger charge is 2.43. The van der Waals surface area contributed by atoms with Gasteiger partial charge in [-0.3, -0.25) is 0 Å². The number of carbonyl (C=O) groups is 2. The van der Waals surface area contributed by atoms with Crippen LogP contribution in [0.3, 0.4) is 0 Å². The minimum atomic E-state index is -5.24. The molecule has 3 nitrogen and oxygen atoms in total. The zero-order chi connectivity index (χ0) is 18.8. The minimum Gasteiger partial charge on any atom is -0.386 e. The van der Waals surface area contributed by atoms with Crippen molar-refractivity contribution in [3.63, 3.8) is 0 Å². The molecule has 132 valence electrons. The molecule has 9 heteroatoms. The molecule has 0 aliphatic rings. The van der Waals surface area contributed by atoms with Crippen LogP contribution in [0.15, 0.2) is 48.5 Å². The molecule has 0 unspecified atom stereocenters. The van der Waals surface area contributed by atoms with Crippen molar-refractivity contribution in [3.8, 4) is 0 Å². The number of rotatable bonds is 2. The fourth-order valence-electron chi connectivity index (χ4n) is 2.01. The lowest BCUT2D eigenvalue weighted by atomic mass is 10.00. The smallest absolute Gasteiger partial charge is 0.386 e. The van der Waals surface area contributed by atoms with E-state index in [-0.39, 0.29) is 5.56 Å². The van der Waals surface area contributed by atoms with Crippen LogP contribution in [-0.4, -0.2) is 11.9 Å². The summed E-state index contributed by atoms with van der Waals surface area (Å²) < 4.78 is 82.1. The van der Waals surface area contributed by atoms with Gasteiger partial charge >= 0.3 is 24.3 Å². The Labute approximate surface area is 136 Å². The molecule has 0 bridgehead atoms. The van der Waals surface area contributed by atoms with E-state index in [2.05, 4.69) is 4.74 Å². The molecule has 25 heavy (non-hydrogen) atoms. The summed E-state index contributed by atoms with van der Waals surface area (Å²) in [6, 6.07) is 7.78. The topological polar surface area (TPSA) is 43.4 Å². The van der Waals surface area contributed by atoms with Gasteiger partial charge in [-0.1, -0.05) is 24.3 Å². The molecule has 0 aliphatic heterocycles. The first-order chi connectivity index (χ1) is 11.5. The minimum absolute atomic E-state index is 0.200. The highest BCUT2D eigenvalue weighted by Crippen LogP contribution is 2.39. The first-order valence-electron chi connectivity index (χ1n) is 6.61. The highest BCUT2D eigenvalue weighted by atomic mass is 19.4. The summed E-state index contributed by atoms with van der Waals surface area (Å²) >= 11 is 0. The number of esters is 2. The van der Waals surface area contributed by atoms with E-state index in [1.54, 1.807) is 0 Å². The van der Waals surface area contributed by atoms with E-state index in [4.69, 9.17) is 0 Å². The monoisotopic (exact) mass is 362 g/mol. The molecule has 2 aromatic carbocycles. The number of benzene rings is 2. The van der Waals surface area contributed by atoms with Gasteiger partial charge in [0.25, 0.3) is 0 Å². The average Bonchev–Trinajstić information content (AvgIpc) is 2.53. The van der Waals surface area contributed by atoms with E-state index in [0.29, 0.717) is 18.2 Å². The summed E-state index contributed by atoms with van der Waals surface area (Å²) in [5, 5.41) is 0. The first kappa shape index (κ1) is 18.5. The Hall–Kier alpha value is -2.84. The van der Waals surface area contributed by atoms with E-state index in [1.807, 2.05) is 0 Å². The Balaban J connectivity index is 2.49. The van der Waals surface area contributed by atoms with Crippen LogP contribution in [0.25, 0.3) is 0 Å². The van der Waals surface area contributed by atoms with Crippen molar-refractivity contribution in [1.82, 2.24) is 0 Å². The van der Waals surface area contributed by atoms with Gasteiger partial charge in [0.1, 0.15) is 0 Å². The molecule has 0 N–H and O–H groups in total. The zero-order valence-electron chi connectivity index (χ0n) is 12.1. The SMILES string of the molecule is O=C(OC(=O)c1c(C(F)(F)F)cccc1C(F)(F)F)c1ccccc1. The molecule has 0 spiro atoms. The van der Waals surface area contributed by atoms with Crippen molar-refractivity contribution in [3.05, 3.63) is 70.8 Å². The molecule has 0 aromatic heterocycles. The maximum Gasteiger partial charge on any atom is 0.417 e. The molecule has 0 aliphatic carbocycles. The van der Waals surface area contributed by atoms with Gasteiger partial charge in [-0.15, -0.1) is 0 Å². The fraction of sp³-hybridized carbons (Fsp3) is 0.125. The van der Waals surface area contributed by atoms with Gasteiger partial charge in [-0.2, -0.15) is 26.3 Å². The molecular formula is C16H8F6O3. The van der Waals surface area contributed by atoms with Crippen LogP contribution in [-0.2, 0) is 17.1 Å². The number of ether oxygens (including phenoxy) is 1. The molecule has 0 atom stereocenters. The number of hydrogen-bond acceptors (Lipinski definition) is 3.